The Balaban J connectivity index is -0.00000128. The summed E-state index contributed by atoms with van der Waals surface area (Å²) in [5, 5.41) is 0. The second-order valence-electron chi connectivity index (χ2n) is 5.85. The highest BCUT2D eigenvalue weighted by atomic mass is 35.5. The summed E-state index contributed by atoms with van der Waals surface area (Å²) in [6, 6.07) is 0. The number of hydrogen-bond donors (Lipinski definition) is 1. The summed E-state index contributed by atoms with van der Waals surface area (Å²) in [5.74, 6) is 0. The molecule has 0 spiro atoms. The molecule has 0 fully saturated rings. The summed E-state index contributed by atoms with van der Waals surface area (Å²) in [4.78, 5) is 1.59. The van der Waals surface area contributed by atoms with E-state index in [1.807, 2.05) is 0 Å². The molecular formula is C16H38ClNO. The molecule has 120 valence electrons. The largest absolute Gasteiger partial charge is 1.00 e. The smallest absolute Gasteiger partial charge is 0.0766 e. The van der Waals surface area contributed by atoms with Gasteiger partial charge in [-0.2, -0.15) is 0 Å². The molecule has 0 aliphatic rings. The Morgan fingerprint density at radius 3 is 1.21 bits per heavy atom. The summed E-state index contributed by atoms with van der Waals surface area (Å²) in [6.07, 6.45) is 17.4. The lowest BCUT2D eigenvalue weighted by atomic mass is 10.1. The van der Waals surface area contributed by atoms with E-state index in [9.17, 15) is 0 Å². The molecule has 19 heavy (non-hydrogen) atoms. The van der Waals surface area contributed by atoms with Gasteiger partial charge in [-0.3, -0.25) is 0 Å². The number of hydrogen-bond acceptors (Lipinski definition) is 0. The van der Waals surface area contributed by atoms with Crippen molar-refractivity contribution in [1.82, 2.24) is 0 Å². The van der Waals surface area contributed by atoms with E-state index in [1.54, 1.807) is 4.90 Å². The molecule has 0 bridgehead atoms. The van der Waals surface area contributed by atoms with Crippen molar-refractivity contribution in [2.75, 3.05) is 20.6 Å². The highest BCUT2D eigenvalue weighted by Gasteiger charge is 1.95. The number of halogens is 1. The number of nitrogens with one attached hydrogen (secondary N) is 1. The monoisotopic (exact) mass is 295 g/mol. The van der Waals surface area contributed by atoms with E-state index in [1.165, 1.54) is 83.6 Å². The van der Waals surface area contributed by atoms with Crippen molar-refractivity contribution in [3.05, 3.63) is 0 Å². The fourth-order valence-corrected chi connectivity index (χ4v) is 2.32. The fraction of sp³-hybridized carbons (Fsp3) is 1.00. The van der Waals surface area contributed by atoms with Crippen molar-refractivity contribution < 1.29 is 22.8 Å². The van der Waals surface area contributed by atoms with Gasteiger partial charge in [0.15, 0.2) is 0 Å². The van der Waals surface area contributed by atoms with Gasteiger partial charge in [0.1, 0.15) is 0 Å². The Labute approximate surface area is 128 Å². The molecule has 0 unspecified atom stereocenters. The molecule has 0 aliphatic carbocycles. The van der Waals surface area contributed by atoms with Gasteiger partial charge < -0.3 is 22.8 Å². The second kappa shape index (κ2) is 20.5. The predicted molar refractivity (Wildman–Crippen MR) is 82.4 cm³/mol. The summed E-state index contributed by atoms with van der Waals surface area (Å²) in [5.41, 5.74) is 0. The van der Waals surface area contributed by atoms with Crippen LogP contribution in [-0.2, 0) is 0 Å². The molecule has 2 nitrogen and oxygen atoms in total. The molecule has 0 heterocycles. The quantitative estimate of drug-likeness (QED) is 0.465. The third kappa shape index (κ3) is 23.7. The Morgan fingerprint density at radius 1 is 0.579 bits per heavy atom. The maximum Gasteiger partial charge on any atom is 0.0766 e. The van der Waals surface area contributed by atoms with Crippen LogP contribution in [0.2, 0.25) is 0 Å². The van der Waals surface area contributed by atoms with Crippen molar-refractivity contribution in [3.63, 3.8) is 0 Å². The van der Waals surface area contributed by atoms with E-state index in [0.717, 1.165) is 0 Å². The van der Waals surface area contributed by atoms with Crippen LogP contribution in [-0.4, -0.2) is 26.1 Å². The molecule has 0 saturated carbocycles. The van der Waals surface area contributed by atoms with Crippen molar-refractivity contribution >= 4 is 0 Å². The van der Waals surface area contributed by atoms with Crippen LogP contribution in [0.1, 0.15) is 84.0 Å². The Kier molecular flexibility index (Phi) is 26.2. The van der Waals surface area contributed by atoms with Crippen molar-refractivity contribution in [3.8, 4) is 0 Å². The fourth-order valence-electron chi connectivity index (χ4n) is 2.32. The van der Waals surface area contributed by atoms with Gasteiger partial charge in [0.25, 0.3) is 0 Å². The highest BCUT2D eigenvalue weighted by Crippen LogP contribution is 2.11. The normalized spacial score (nSPS) is 10.1. The van der Waals surface area contributed by atoms with Crippen LogP contribution in [0.25, 0.3) is 0 Å². The zero-order chi connectivity index (χ0) is 12.8. The van der Waals surface area contributed by atoms with E-state index in [0.29, 0.717) is 0 Å². The summed E-state index contributed by atoms with van der Waals surface area (Å²) in [6.45, 7) is 3.63. The minimum absolute atomic E-state index is 0. The first-order chi connectivity index (χ1) is 8.27. The predicted octanol–water partition coefficient (Wildman–Crippen LogP) is 0.0113. The lowest BCUT2D eigenvalue weighted by Gasteiger charge is -2.06. The van der Waals surface area contributed by atoms with E-state index in [2.05, 4.69) is 21.0 Å². The minimum atomic E-state index is 0. The van der Waals surface area contributed by atoms with Crippen LogP contribution in [0.5, 0.6) is 0 Å². The third-order valence-corrected chi connectivity index (χ3v) is 3.53. The molecule has 0 amide bonds. The van der Waals surface area contributed by atoms with Crippen LogP contribution in [0.3, 0.4) is 0 Å². The summed E-state index contributed by atoms with van der Waals surface area (Å²) >= 11 is 0. The van der Waals surface area contributed by atoms with Crippen LogP contribution >= 0.6 is 0 Å². The van der Waals surface area contributed by atoms with Gasteiger partial charge in [-0.1, -0.05) is 71.1 Å². The van der Waals surface area contributed by atoms with E-state index in [-0.39, 0.29) is 17.9 Å². The van der Waals surface area contributed by atoms with Crippen LogP contribution in [0.4, 0.5) is 0 Å². The second-order valence-corrected chi connectivity index (χ2v) is 5.85. The number of quaternary nitrogens is 1. The minimum Gasteiger partial charge on any atom is -1.00 e. The zero-order valence-corrected chi connectivity index (χ0v) is 14.3. The third-order valence-electron chi connectivity index (χ3n) is 3.53. The Hall–Kier alpha value is 0.210. The van der Waals surface area contributed by atoms with Crippen molar-refractivity contribution in [2.45, 2.75) is 84.0 Å². The molecule has 0 atom stereocenters. The first kappa shape index (κ1) is 24.2. The van der Waals surface area contributed by atoms with Crippen LogP contribution < -0.4 is 17.3 Å². The maximum atomic E-state index is 2.29. The first-order valence-electron chi connectivity index (χ1n) is 8.06. The van der Waals surface area contributed by atoms with Crippen molar-refractivity contribution in [2.24, 2.45) is 0 Å². The molecule has 0 rings (SSSR count). The van der Waals surface area contributed by atoms with Gasteiger partial charge in [0.05, 0.1) is 20.6 Å². The van der Waals surface area contributed by atoms with Gasteiger partial charge in [0, 0.05) is 0 Å². The van der Waals surface area contributed by atoms with Gasteiger partial charge in [-0.15, -0.1) is 0 Å². The summed E-state index contributed by atoms with van der Waals surface area (Å²) in [7, 11) is 4.50. The van der Waals surface area contributed by atoms with Crippen molar-refractivity contribution in [1.29, 1.82) is 0 Å². The average Bonchev–Trinajstić information content (AvgIpc) is 2.30. The molecular weight excluding hydrogens is 258 g/mol. The number of unbranched alkanes of at least 4 members (excludes halogenated alkanes) is 11. The molecule has 0 aromatic carbocycles. The Bertz CT molecular complexity index is 143. The topological polar surface area (TPSA) is 35.9 Å². The first-order valence-corrected chi connectivity index (χ1v) is 8.06. The lowest BCUT2D eigenvalue weighted by Crippen LogP contribution is -3.05. The van der Waals surface area contributed by atoms with Gasteiger partial charge in [-0.05, 0) is 12.8 Å². The maximum absolute atomic E-state index is 2.29. The molecule has 3 N–H and O–H groups in total. The van der Waals surface area contributed by atoms with Crippen LogP contribution in [0.15, 0.2) is 0 Å². The van der Waals surface area contributed by atoms with Gasteiger partial charge >= 0.3 is 0 Å². The molecule has 0 radical (unpaired) electrons. The zero-order valence-electron chi connectivity index (χ0n) is 13.6. The molecule has 0 aromatic rings. The van der Waals surface area contributed by atoms with Gasteiger partial charge in [0.2, 0.25) is 0 Å². The van der Waals surface area contributed by atoms with E-state index >= 15 is 0 Å². The molecule has 3 heteroatoms. The molecule has 0 saturated heterocycles. The number of rotatable bonds is 13. The van der Waals surface area contributed by atoms with Gasteiger partial charge in [-0.25, -0.2) is 0 Å². The lowest BCUT2D eigenvalue weighted by molar-refractivity contribution is -0.858. The SMILES string of the molecule is CCCCCCCCCCCCCC[NH+](C)C.O.[Cl-]. The average molecular weight is 296 g/mol. The van der Waals surface area contributed by atoms with Crippen LogP contribution in [0, 0.1) is 0 Å². The standard InChI is InChI=1S/C16H35N.ClH.H2O/c1-4-5-6-7-8-9-10-11-12-13-14-15-16-17(2)3;;/h4-16H2,1-3H3;1H;1H2. The summed E-state index contributed by atoms with van der Waals surface area (Å²) < 4.78 is 0. The molecule has 0 aromatic heterocycles. The highest BCUT2D eigenvalue weighted by molar-refractivity contribution is 4.48. The van der Waals surface area contributed by atoms with E-state index < -0.39 is 0 Å². The van der Waals surface area contributed by atoms with E-state index in [4.69, 9.17) is 0 Å². The molecule has 0 aliphatic heterocycles. The Morgan fingerprint density at radius 2 is 0.895 bits per heavy atom.